The first kappa shape index (κ1) is 16.3. The van der Waals surface area contributed by atoms with Gasteiger partial charge in [-0.15, -0.1) is 0 Å². The summed E-state index contributed by atoms with van der Waals surface area (Å²) in [5.41, 5.74) is 1.21. The number of urea groups is 1. The molecule has 1 aromatic heterocycles. The number of nitrogens with one attached hydrogen (secondary N) is 2. The van der Waals surface area contributed by atoms with E-state index in [-0.39, 0.29) is 25.0 Å². The van der Waals surface area contributed by atoms with Crippen molar-refractivity contribution < 1.29 is 14.0 Å². The number of amides is 3. The van der Waals surface area contributed by atoms with Crippen molar-refractivity contribution in [2.75, 3.05) is 13.1 Å². The normalized spacial score (nSPS) is 17.6. The second-order valence-electron chi connectivity index (χ2n) is 5.85. The number of imide groups is 1. The first-order valence-electron chi connectivity index (χ1n) is 8.11. The molecule has 1 saturated heterocycles. The molecule has 0 aliphatic carbocycles. The van der Waals surface area contributed by atoms with Crippen molar-refractivity contribution in [1.82, 2.24) is 15.5 Å². The minimum absolute atomic E-state index is 0.216. The molecule has 2 heterocycles. The second kappa shape index (κ2) is 7.79. The number of carbonyl (C=O) groups is 2. The molecule has 0 radical (unpaired) electrons. The Morgan fingerprint density at radius 2 is 2.00 bits per heavy atom. The number of rotatable bonds is 5. The minimum Gasteiger partial charge on any atom is -0.467 e. The van der Waals surface area contributed by atoms with Gasteiger partial charge < -0.3 is 9.73 Å². The Bertz CT molecular complexity index is 670. The highest BCUT2D eigenvalue weighted by Gasteiger charge is 2.27. The quantitative estimate of drug-likeness (QED) is 0.884. The number of furan rings is 1. The molecule has 2 N–H and O–H groups in total. The Morgan fingerprint density at radius 3 is 2.75 bits per heavy atom. The molecule has 126 valence electrons. The number of hydrogen-bond acceptors (Lipinski definition) is 4. The molecule has 1 unspecified atom stereocenters. The van der Waals surface area contributed by atoms with Gasteiger partial charge in [0.1, 0.15) is 5.76 Å². The van der Waals surface area contributed by atoms with Crippen LogP contribution in [-0.4, -0.2) is 29.9 Å². The van der Waals surface area contributed by atoms with Gasteiger partial charge in [0.15, 0.2) is 0 Å². The molecule has 3 amide bonds. The fraction of sp³-hybridized carbons (Fsp3) is 0.333. The van der Waals surface area contributed by atoms with Crippen molar-refractivity contribution in [1.29, 1.82) is 0 Å². The van der Waals surface area contributed by atoms with Crippen LogP contribution in [0.2, 0.25) is 0 Å². The summed E-state index contributed by atoms with van der Waals surface area (Å²) >= 11 is 0. The highest BCUT2D eigenvalue weighted by molar-refractivity contribution is 5.95. The first-order valence-corrected chi connectivity index (χ1v) is 8.11. The van der Waals surface area contributed by atoms with Crippen LogP contribution in [0, 0.1) is 0 Å². The van der Waals surface area contributed by atoms with E-state index >= 15 is 0 Å². The molecule has 24 heavy (non-hydrogen) atoms. The molecule has 0 saturated carbocycles. The molecule has 3 rings (SSSR count). The molecule has 1 fully saturated rings. The predicted molar refractivity (Wildman–Crippen MR) is 89.1 cm³/mol. The maximum Gasteiger partial charge on any atom is 0.321 e. The van der Waals surface area contributed by atoms with Gasteiger partial charge in [0.2, 0.25) is 5.91 Å². The van der Waals surface area contributed by atoms with Crippen LogP contribution in [0.4, 0.5) is 4.79 Å². The highest BCUT2D eigenvalue weighted by atomic mass is 16.3. The maximum absolute atomic E-state index is 12.1. The third-order valence-electron chi connectivity index (χ3n) is 4.15. The van der Waals surface area contributed by atoms with E-state index in [0.29, 0.717) is 5.76 Å². The fourth-order valence-electron chi connectivity index (χ4n) is 3.04. The molecule has 0 bridgehead atoms. The summed E-state index contributed by atoms with van der Waals surface area (Å²) < 4.78 is 5.12. The van der Waals surface area contributed by atoms with Crippen LogP contribution in [0.3, 0.4) is 0 Å². The number of hydrogen-bond donors (Lipinski definition) is 2. The lowest BCUT2D eigenvalue weighted by Crippen LogP contribution is -2.44. The Morgan fingerprint density at radius 1 is 1.17 bits per heavy atom. The van der Waals surface area contributed by atoms with E-state index in [9.17, 15) is 9.59 Å². The van der Waals surface area contributed by atoms with Crippen LogP contribution in [0.5, 0.6) is 0 Å². The SMILES string of the molecule is O=C(CN1CCCC1c1ccccc1)NC(=O)NCc1ccco1. The summed E-state index contributed by atoms with van der Waals surface area (Å²) in [6, 6.07) is 13.4. The Balaban J connectivity index is 1.48. The van der Waals surface area contributed by atoms with Crippen molar-refractivity contribution in [3.8, 4) is 0 Å². The van der Waals surface area contributed by atoms with Crippen LogP contribution in [0.1, 0.15) is 30.2 Å². The van der Waals surface area contributed by atoms with E-state index in [0.717, 1.165) is 19.4 Å². The van der Waals surface area contributed by atoms with Gasteiger partial charge in [0, 0.05) is 6.04 Å². The monoisotopic (exact) mass is 327 g/mol. The number of carbonyl (C=O) groups excluding carboxylic acids is 2. The lowest BCUT2D eigenvalue weighted by molar-refractivity contribution is -0.121. The van der Waals surface area contributed by atoms with E-state index in [2.05, 4.69) is 27.7 Å². The topological polar surface area (TPSA) is 74.6 Å². The van der Waals surface area contributed by atoms with Crippen LogP contribution < -0.4 is 10.6 Å². The number of likely N-dealkylation sites (tertiary alicyclic amines) is 1. The predicted octanol–water partition coefficient (Wildman–Crippen LogP) is 2.44. The number of nitrogens with zero attached hydrogens (tertiary/aromatic N) is 1. The van der Waals surface area contributed by atoms with E-state index in [1.54, 1.807) is 12.1 Å². The van der Waals surface area contributed by atoms with Gasteiger partial charge in [-0.2, -0.15) is 0 Å². The van der Waals surface area contributed by atoms with Crippen molar-refractivity contribution in [3.05, 3.63) is 60.1 Å². The molecule has 1 aliphatic rings. The Labute approximate surface area is 140 Å². The van der Waals surface area contributed by atoms with Gasteiger partial charge in [-0.3, -0.25) is 15.0 Å². The van der Waals surface area contributed by atoms with Crippen LogP contribution in [0.25, 0.3) is 0 Å². The zero-order valence-electron chi connectivity index (χ0n) is 13.4. The smallest absolute Gasteiger partial charge is 0.321 e. The van der Waals surface area contributed by atoms with Gasteiger partial charge in [-0.25, -0.2) is 4.79 Å². The summed E-state index contributed by atoms with van der Waals surface area (Å²) in [6.07, 6.45) is 3.62. The average Bonchev–Trinajstić information content (AvgIpc) is 3.25. The van der Waals surface area contributed by atoms with Gasteiger partial charge in [0.25, 0.3) is 0 Å². The van der Waals surface area contributed by atoms with Gasteiger partial charge in [-0.1, -0.05) is 30.3 Å². The van der Waals surface area contributed by atoms with E-state index in [1.165, 1.54) is 11.8 Å². The molecular weight excluding hydrogens is 306 g/mol. The summed E-state index contributed by atoms with van der Waals surface area (Å²) in [5.74, 6) is 0.344. The van der Waals surface area contributed by atoms with Crippen molar-refractivity contribution in [2.45, 2.75) is 25.4 Å². The van der Waals surface area contributed by atoms with Crippen LogP contribution >= 0.6 is 0 Å². The van der Waals surface area contributed by atoms with Crippen LogP contribution in [-0.2, 0) is 11.3 Å². The van der Waals surface area contributed by atoms with Crippen LogP contribution in [0.15, 0.2) is 53.1 Å². The summed E-state index contributed by atoms with van der Waals surface area (Å²) in [6.45, 7) is 1.33. The zero-order chi connectivity index (χ0) is 16.8. The molecule has 0 spiro atoms. The minimum atomic E-state index is -0.508. The number of benzene rings is 1. The van der Waals surface area contributed by atoms with E-state index in [1.807, 2.05) is 18.2 Å². The van der Waals surface area contributed by atoms with Gasteiger partial charge in [0.05, 0.1) is 19.4 Å². The Hall–Kier alpha value is -2.60. The van der Waals surface area contributed by atoms with Gasteiger partial charge >= 0.3 is 6.03 Å². The van der Waals surface area contributed by atoms with Crippen molar-refractivity contribution >= 4 is 11.9 Å². The second-order valence-corrected chi connectivity index (χ2v) is 5.85. The van der Waals surface area contributed by atoms with E-state index in [4.69, 9.17) is 4.42 Å². The molecule has 2 aromatic rings. The zero-order valence-corrected chi connectivity index (χ0v) is 13.4. The molecular formula is C18H21N3O3. The molecule has 6 heteroatoms. The summed E-state index contributed by atoms with van der Waals surface area (Å²) in [4.78, 5) is 26.0. The lowest BCUT2D eigenvalue weighted by atomic mass is 10.0. The Kier molecular flexibility index (Phi) is 5.28. The van der Waals surface area contributed by atoms with Crippen molar-refractivity contribution in [3.63, 3.8) is 0 Å². The molecule has 1 aromatic carbocycles. The molecule has 1 atom stereocenters. The third kappa shape index (κ3) is 4.23. The van der Waals surface area contributed by atoms with E-state index < -0.39 is 6.03 Å². The summed E-state index contributed by atoms with van der Waals surface area (Å²) in [7, 11) is 0. The van der Waals surface area contributed by atoms with Gasteiger partial charge in [-0.05, 0) is 37.1 Å². The maximum atomic E-state index is 12.1. The summed E-state index contributed by atoms with van der Waals surface area (Å²) in [5, 5.41) is 4.97. The highest BCUT2D eigenvalue weighted by Crippen LogP contribution is 2.31. The largest absolute Gasteiger partial charge is 0.467 e. The molecule has 1 aliphatic heterocycles. The standard InChI is InChI=1S/C18H21N3O3/c22-17(20-18(23)19-12-15-8-5-11-24-15)13-21-10-4-9-16(21)14-6-2-1-3-7-14/h1-3,5-8,11,16H,4,9-10,12-13H2,(H2,19,20,22,23). The third-order valence-corrected chi connectivity index (χ3v) is 4.15. The first-order chi connectivity index (χ1) is 11.7. The average molecular weight is 327 g/mol. The van der Waals surface area contributed by atoms with Crippen molar-refractivity contribution in [2.24, 2.45) is 0 Å². The fourth-order valence-corrected chi connectivity index (χ4v) is 3.04. The lowest BCUT2D eigenvalue weighted by Gasteiger charge is -2.24. The molecule has 6 nitrogen and oxygen atoms in total.